The van der Waals surface area contributed by atoms with Crippen molar-refractivity contribution >= 4 is 28.2 Å². The van der Waals surface area contributed by atoms with Gasteiger partial charge in [0.15, 0.2) is 0 Å². The lowest BCUT2D eigenvalue weighted by Gasteiger charge is -2.19. The zero-order valence-electron chi connectivity index (χ0n) is 18.1. The van der Waals surface area contributed by atoms with Gasteiger partial charge in [-0.05, 0) is 62.1 Å². The van der Waals surface area contributed by atoms with Crippen LogP contribution in [0.5, 0.6) is 0 Å². The zero-order valence-corrected chi connectivity index (χ0v) is 18.1. The molecule has 0 saturated carbocycles. The molecule has 1 aromatic heterocycles. The SMILES string of the molecule is O=C(Nc1ccc(N2CCCC2)c(F)c1)c1ccc2c(=O)n3c(nc2c1)CCCCCC3. The van der Waals surface area contributed by atoms with Crippen LogP contribution in [0.25, 0.3) is 10.9 Å². The molecule has 1 amide bonds. The molecule has 0 aliphatic carbocycles. The molecule has 3 heterocycles. The number of rotatable bonds is 3. The molecule has 2 aliphatic rings. The van der Waals surface area contributed by atoms with E-state index >= 15 is 0 Å². The molecule has 6 nitrogen and oxygen atoms in total. The van der Waals surface area contributed by atoms with E-state index in [2.05, 4.69) is 5.32 Å². The predicted molar refractivity (Wildman–Crippen MR) is 124 cm³/mol. The Labute approximate surface area is 186 Å². The number of nitrogens with zero attached hydrogens (tertiary/aromatic N) is 3. The fourth-order valence-electron chi connectivity index (χ4n) is 4.74. The molecule has 0 radical (unpaired) electrons. The average Bonchev–Trinajstić information content (AvgIpc) is 3.29. The van der Waals surface area contributed by atoms with Crippen molar-refractivity contribution in [3.8, 4) is 0 Å². The highest BCUT2D eigenvalue weighted by atomic mass is 19.1. The summed E-state index contributed by atoms with van der Waals surface area (Å²) in [5.74, 6) is 0.102. The minimum absolute atomic E-state index is 0.0431. The van der Waals surface area contributed by atoms with Gasteiger partial charge in [-0.1, -0.05) is 12.8 Å². The summed E-state index contributed by atoms with van der Waals surface area (Å²) in [5.41, 5.74) is 1.86. The van der Waals surface area contributed by atoms with Crippen molar-refractivity contribution in [2.45, 2.75) is 51.5 Å². The summed E-state index contributed by atoms with van der Waals surface area (Å²) in [6, 6.07) is 9.76. The smallest absolute Gasteiger partial charge is 0.261 e. The van der Waals surface area contributed by atoms with Crippen LogP contribution in [0.4, 0.5) is 15.8 Å². The van der Waals surface area contributed by atoms with E-state index in [9.17, 15) is 14.0 Å². The molecular weight excluding hydrogens is 407 g/mol. The summed E-state index contributed by atoms with van der Waals surface area (Å²) in [6.07, 6.45) is 7.17. The molecule has 7 heteroatoms. The third-order valence-electron chi connectivity index (χ3n) is 6.48. The van der Waals surface area contributed by atoms with E-state index in [1.165, 1.54) is 6.07 Å². The van der Waals surface area contributed by atoms with Gasteiger partial charge in [-0.25, -0.2) is 9.37 Å². The van der Waals surface area contributed by atoms with Gasteiger partial charge in [0.25, 0.3) is 11.5 Å². The lowest BCUT2D eigenvalue weighted by molar-refractivity contribution is 0.102. The predicted octanol–water partition coefficient (Wildman–Crippen LogP) is 4.50. The van der Waals surface area contributed by atoms with Crippen LogP contribution < -0.4 is 15.8 Å². The molecule has 2 aliphatic heterocycles. The van der Waals surface area contributed by atoms with E-state index in [0.717, 1.165) is 63.9 Å². The van der Waals surface area contributed by atoms with Gasteiger partial charge in [-0.3, -0.25) is 14.2 Å². The number of aryl methyl sites for hydroxylation is 1. The van der Waals surface area contributed by atoms with Crippen molar-refractivity contribution in [1.82, 2.24) is 9.55 Å². The summed E-state index contributed by atoms with van der Waals surface area (Å²) in [5, 5.41) is 3.29. The third-order valence-corrected chi connectivity index (χ3v) is 6.48. The van der Waals surface area contributed by atoms with E-state index in [-0.39, 0.29) is 17.3 Å². The lowest BCUT2D eigenvalue weighted by Crippen LogP contribution is -2.26. The van der Waals surface area contributed by atoms with Gasteiger partial charge in [0.2, 0.25) is 0 Å². The molecule has 2 aromatic carbocycles. The van der Waals surface area contributed by atoms with Crippen LogP contribution in [0.1, 0.15) is 54.7 Å². The first-order valence-corrected chi connectivity index (χ1v) is 11.5. The van der Waals surface area contributed by atoms with Crippen LogP contribution in [0.2, 0.25) is 0 Å². The van der Waals surface area contributed by atoms with Gasteiger partial charge in [-0.15, -0.1) is 0 Å². The molecular formula is C25H27FN4O2. The van der Waals surface area contributed by atoms with Crippen LogP contribution in [0.15, 0.2) is 41.2 Å². The van der Waals surface area contributed by atoms with Gasteiger partial charge < -0.3 is 10.2 Å². The number of aromatic nitrogens is 2. The molecule has 32 heavy (non-hydrogen) atoms. The summed E-state index contributed by atoms with van der Waals surface area (Å²) >= 11 is 0. The van der Waals surface area contributed by atoms with Crippen LogP contribution in [0.3, 0.4) is 0 Å². The molecule has 166 valence electrons. The van der Waals surface area contributed by atoms with E-state index in [0.29, 0.717) is 34.4 Å². The number of halogens is 1. The Morgan fingerprint density at radius 3 is 2.53 bits per heavy atom. The number of benzene rings is 2. The third kappa shape index (κ3) is 3.99. The number of carbonyl (C=O) groups is 1. The van der Waals surface area contributed by atoms with Gasteiger partial charge in [0.1, 0.15) is 11.6 Å². The monoisotopic (exact) mass is 434 g/mol. The quantitative estimate of drug-likeness (QED) is 0.659. The lowest BCUT2D eigenvalue weighted by atomic mass is 10.1. The molecule has 0 spiro atoms. The number of hydrogen-bond donors (Lipinski definition) is 1. The second kappa shape index (κ2) is 8.73. The van der Waals surface area contributed by atoms with Crippen LogP contribution in [0, 0.1) is 5.82 Å². The zero-order chi connectivity index (χ0) is 22.1. The average molecular weight is 435 g/mol. The van der Waals surface area contributed by atoms with Gasteiger partial charge in [0.05, 0.1) is 16.6 Å². The molecule has 0 unspecified atom stereocenters. The number of amides is 1. The molecule has 1 N–H and O–H groups in total. The van der Waals surface area contributed by atoms with Crippen LogP contribution >= 0.6 is 0 Å². The second-order valence-electron chi connectivity index (χ2n) is 8.70. The molecule has 0 bridgehead atoms. The number of hydrogen-bond acceptors (Lipinski definition) is 4. The molecule has 5 rings (SSSR count). The highest BCUT2D eigenvalue weighted by Crippen LogP contribution is 2.26. The first kappa shape index (κ1) is 20.7. The maximum absolute atomic E-state index is 14.6. The first-order valence-electron chi connectivity index (χ1n) is 11.5. The standard InChI is InChI=1S/C25H27FN4O2/c26-20-16-18(9-11-22(20)29-12-5-6-13-29)27-24(31)17-8-10-19-21(15-17)28-23-7-3-1-2-4-14-30(23)25(19)32/h8-11,15-16H,1-7,12-14H2,(H,27,31). The number of nitrogens with one attached hydrogen (secondary N) is 1. The van der Waals surface area contributed by atoms with E-state index in [4.69, 9.17) is 4.98 Å². The maximum atomic E-state index is 14.6. The Hall–Kier alpha value is -3.22. The normalized spacial score (nSPS) is 16.5. The van der Waals surface area contributed by atoms with Gasteiger partial charge in [-0.2, -0.15) is 0 Å². The van der Waals surface area contributed by atoms with Gasteiger partial charge >= 0.3 is 0 Å². The maximum Gasteiger partial charge on any atom is 0.261 e. The van der Waals surface area contributed by atoms with E-state index in [1.807, 2.05) is 4.90 Å². The summed E-state index contributed by atoms with van der Waals surface area (Å²) in [7, 11) is 0. The minimum atomic E-state index is -0.353. The molecule has 3 aromatic rings. The van der Waals surface area contributed by atoms with Crippen LogP contribution in [-0.4, -0.2) is 28.5 Å². The summed E-state index contributed by atoms with van der Waals surface area (Å²) in [6.45, 7) is 2.41. The Balaban J connectivity index is 1.40. The Morgan fingerprint density at radius 1 is 0.938 bits per heavy atom. The fourth-order valence-corrected chi connectivity index (χ4v) is 4.74. The van der Waals surface area contributed by atoms with Crippen molar-refractivity contribution in [1.29, 1.82) is 0 Å². The molecule has 0 atom stereocenters. The van der Waals surface area contributed by atoms with Crippen molar-refractivity contribution in [3.05, 3.63) is 64.0 Å². The number of carbonyl (C=O) groups excluding carboxylic acids is 1. The fraction of sp³-hybridized carbons (Fsp3) is 0.400. The van der Waals surface area contributed by atoms with E-state index in [1.54, 1.807) is 34.9 Å². The Morgan fingerprint density at radius 2 is 1.72 bits per heavy atom. The molecule has 1 saturated heterocycles. The van der Waals surface area contributed by atoms with Crippen molar-refractivity contribution in [3.63, 3.8) is 0 Å². The summed E-state index contributed by atoms with van der Waals surface area (Å²) < 4.78 is 16.4. The summed E-state index contributed by atoms with van der Waals surface area (Å²) in [4.78, 5) is 32.5. The van der Waals surface area contributed by atoms with Gasteiger partial charge in [0, 0.05) is 37.3 Å². The highest BCUT2D eigenvalue weighted by Gasteiger charge is 2.18. The van der Waals surface area contributed by atoms with Crippen LogP contribution in [-0.2, 0) is 13.0 Å². The highest BCUT2D eigenvalue weighted by molar-refractivity contribution is 6.06. The molecule has 1 fully saturated rings. The Bertz CT molecular complexity index is 1230. The number of anilines is 2. The largest absolute Gasteiger partial charge is 0.369 e. The van der Waals surface area contributed by atoms with Crippen molar-refractivity contribution in [2.24, 2.45) is 0 Å². The Kier molecular flexibility index (Phi) is 5.64. The van der Waals surface area contributed by atoms with Crippen molar-refractivity contribution < 1.29 is 9.18 Å². The minimum Gasteiger partial charge on any atom is -0.369 e. The van der Waals surface area contributed by atoms with E-state index < -0.39 is 0 Å². The second-order valence-corrected chi connectivity index (χ2v) is 8.70. The topological polar surface area (TPSA) is 67.2 Å². The first-order chi connectivity index (χ1) is 15.6. The number of fused-ring (bicyclic) bond motifs is 2. The van der Waals surface area contributed by atoms with Crippen molar-refractivity contribution in [2.75, 3.05) is 23.3 Å².